The van der Waals surface area contributed by atoms with Gasteiger partial charge in [-0.05, 0) is 37.4 Å². The molecule has 1 aromatic carbocycles. The molecule has 2 rings (SSSR count). The van der Waals surface area contributed by atoms with E-state index >= 15 is 0 Å². The fourth-order valence-electron chi connectivity index (χ4n) is 1.68. The van der Waals surface area contributed by atoms with Gasteiger partial charge in [0.05, 0.1) is 12.8 Å². The van der Waals surface area contributed by atoms with Crippen molar-refractivity contribution < 1.29 is 4.74 Å². The molecule has 18 heavy (non-hydrogen) atoms. The normalized spacial score (nSPS) is 10.3. The first kappa shape index (κ1) is 12.5. The van der Waals surface area contributed by atoms with Crippen molar-refractivity contribution in [1.82, 2.24) is 15.3 Å². The second kappa shape index (κ2) is 6.12. The molecule has 4 heteroatoms. The molecular weight excluding hydrogens is 226 g/mol. The average Bonchev–Trinajstić information content (AvgIpc) is 2.45. The van der Waals surface area contributed by atoms with Crippen molar-refractivity contribution in [2.75, 3.05) is 20.7 Å². The van der Waals surface area contributed by atoms with Gasteiger partial charge in [-0.15, -0.1) is 0 Å². The number of hydrogen-bond donors (Lipinski definition) is 1. The average molecular weight is 243 g/mol. The van der Waals surface area contributed by atoms with E-state index in [1.54, 1.807) is 13.3 Å². The number of nitrogens with zero attached hydrogens (tertiary/aromatic N) is 2. The van der Waals surface area contributed by atoms with Gasteiger partial charge in [-0.3, -0.25) is 0 Å². The molecular formula is C14H17N3O. The first-order chi connectivity index (χ1) is 8.83. The second-order valence-corrected chi connectivity index (χ2v) is 3.94. The van der Waals surface area contributed by atoms with Crippen LogP contribution in [0.1, 0.15) is 5.82 Å². The number of likely N-dealkylation sites (N-methyl/N-ethyl adjacent to an activating group) is 1. The van der Waals surface area contributed by atoms with Gasteiger partial charge in [0.25, 0.3) is 0 Å². The maximum absolute atomic E-state index is 5.14. The summed E-state index contributed by atoms with van der Waals surface area (Å²) in [4.78, 5) is 8.80. The molecule has 0 aliphatic heterocycles. The highest BCUT2D eigenvalue weighted by Gasteiger charge is 2.02. The number of hydrogen-bond acceptors (Lipinski definition) is 4. The van der Waals surface area contributed by atoms with E-state index in [-0.39, 0.29) is 0 Å². The van der Waals surface area contributed by atoms with E-state index in [1.165, 1.54) is 0 Å². The van der Waals surface area contributed by atoms with E-state index in [0.29, 0.717) is 0 Å². The minimum absolute atomic E-state index is 0.834. The van der Waals surface area contributed by atoms with Crippen molar-refractivity contribution >= 4 is 0 Å². The number of rotatable bonds is 5. The molecule has 0 bridgehead atoms. The van der Waals surface area contributed by atoms with Crippen LogP contribution in [0.25, 0.3) is 11.3 Å². The Morgan fingerprint density at radius 3 is 2.61 bits per heavy atom. The molecule has 4 nitrogen and oxygen atoms in total. The molecule has 0 atom stereocenters. The van der Waals surface area contributed by atoms with Crippen molar-refractivity contribution in [2.45, 2.75) is 6.42 Å². The molecule has 0 spiro atoms. The molecule has 1 heterocycles. The van der Waals surface area contributed by atoms with Gasteiger partial charge in [0.1, 0.15) is 11.6 Å². The fourth-order valence-corrected chi connectivity index (χ4v) is 1.68. The van der Waals surface area contributed by atoms with Crippen LogP contribution < -0.4 is 10.1 Å². The van der Waals surface area contributed by atoms with Crippen molar-refractivity contribution in [2.24, 2.45) is 0 Å². The van der Waals surface area contributed by atoms with Crippen LogP contribution >= 0.6 is 0 Å². The van der Waals surface area contributed by atoms with Gasteiger partial charge in [0, 0.05) is 24.7 Å². The maximum Gasteiger partial charge on any atom is 0.130 e. The van der Waals surface area contributed by atoms with Crippen molar-refractivity contribution in [3.05, 3.63) is 42.4 Å². The third kappa shape index (κ3) is 3.05. The van der Waals surface area contributed by atoms with Gasteiger partial charge < -0.3 is 10.1 Å². The van der Waals surface area contributed by atoms with Crippen molar-refractivity contribution in [1.29, 1.82) is 0 Å². The van der Waals surface area contributed by atoms with Crippen LogP contribution in [0.2, 0.25) is 0 Å². The lowest BCUT2D eigenvalue weighted by atomic mass is 10.1. The lowest BCUT2D eigenvalue weighted by Crippen LogP contribution is -2.12. The summed E-state index contributed by atoms with van der Waals surface area (Å²) < 4.78 is 5.14. The summed E-state index contributed by atoms with van der Waals surface area (Å²) >= 11 is 0. The van der Waals surface area contributed by atoms with Crippen molar-refractivity contribution in [3.63, 3.8) is 0 Å². The largest absolute Gasteiger partial charge is 0.497 e. The van der Waals surface area contributed by atoms with E-state index in [9.17, 15) is 0 Å². The third-order valence-corrected chi connectivity index (χ3v) is 2.69. The molecule has 0 aliphatic rings. The number of benzene rings is 1. The number of ether oxygens (including phenoxy) is 1. The highest BCUT2D eigenvalue weighted by Crippen LogP contribution is 2.20. The van der Waals surface area contributed by atoms with E-state index < -0.39 is 0 Å². The van der Waals surface area contributed by atoms with Gasteiger partial charge >= 0.3 is 0 Å². The lowest BCUT2D eigenvalue weighted by molar-refractivity contribution is 0.415. The highest BCUT2D eigenvalue weighted by atomic mass is 16.5. The van der Waals surface area contributed by atoms with Crippen LogP contribution in [0.5, 0.6) is 5.75 Å². The standard InChI is InChI=1S/C14H17N3O/c1-15-9-8-14-16-10-7-13(17-14)11-3-5-12(18-2)6-4-11/h3-7,10,15H,8-9H2,1-2H3. The Kier molecular flexibility index (Phi) is 4.25. The number of nitrogens with one attached hydrogen (secondary N) is 1. The molecule has 0 fully saturated rings. The van der Waals surface area contributed by atoms with Gasteiger partial charge in [0.2, 0.25) is 0 Å². The molecule has 0 amide bonds. The zero-order chi connectivity index (χ0) is 12.8. The quantitative estimate of drug-likeness (QED) is 0.871. The van der Waals surface area contributed by atoms with Crippen molar-refractivity contribution in [3.8, 4) is 17.0 Å². The summed E-state index contributed by atoms with van der Waals surface area (Å²) in [6, 6.07) is 9.80. The first-order valence-corrected chi connectivity index (χ1v) is 5.94. The topological polar surface area (TPSA) is 47.0 Å². The van der Waals surface area contributed by atoms with Crippen LogP contribution in [0, 0.1) is 0 Å². The molecule has 1 aromatic heterocycles. The molecule has 2 aromatic rings. The van der Waals surface area contributed by atoms with E-state index in [4.69, 9.17) is 4.74 Å². The van der Waals surface area contributed by atoms with E-state index in [1.807, 2.05) is 37.4 Å². The molecule has 0 radical (unpaired) electrons. The Morgan fingerprint density at radius 2 is 1.94 bits per heavy atom. The third-order valence-electron chi connectivity index (χ3n) is 2.69. The predicted molar refractivity (Wildman–Crippen MR) is 71.7 cm³/mol. The predicted octanol–water partition coefficient (Wildman–Crippen LogP) is 1.91. The van der Waals surface area contributed by atoms with E-state index in [0.717, 1.165) is 35.8 Å². The summed E-state index contributed by atoms with van der Waals surface area (Å²) in [5, 5.41) is 3.09. The Morgan fingerprint density at radius 1 is 1.17 bits per heavy atom. The van der Waals surface area contributed by atoms with Crippen LogP contribution in [-0.2, 0) is 6.42 Å². The van der Waals surface area contributed by atoms with Gasteiger partial charge in [-0.1, -0.05) is 0 Å². The molecule has 1 N–H and O–H groups in total. The zero-order valence-electron chi connectivity index (χ0n) is 10.7. The minimum atomic E-state index is 0.834. The first-order valence-electron chi connectivity index (χ1n) is 5.94. The maximum atomic E-state index is 5.14. The Bertz CT molecular complexity index is 497. The molecule has 0 saturated carbocycles. The summed E-state index contributed by atoms with van der Waals surface area (Å²) in [6.07, 6.45) is 2.64. The van der Waals surface area contributed by atoms with Crippen LogP contribution in [-0.4, -0.2) is 30.7 Å². The van der Waals surface area contributed by atoms with Gasteiger partial charge in [0.15, 0.2) is 0 Å². The summed E-state index contributed by atoms with van der Waals surface area (Å²) in [5.41, 5.74) is 2.02. The lowest BCUT2D eigenvalue weighted by Gasteiger charge is -2.05. The Balaban J connectivity index is 2.20. The van der Waals surface area contributed by atoms with Crippen LogP contribution in [0.4, 0.5) is 0 Å². The number of methoxy groups -OCH3 is 1. The van der Waals surface area contributed by atoms with E-state index in [2.05, 4.69) is 15.3 Å². The molecule has 94 valence electrons. The molecule has 0 unspecified atom stereocenters. The second-order valence-electron chi connectivity index (χ2n) is 3.94. The zero-order valence-corrected chi connectivity index (χ0v) is 10.7. The van der Waals surface area contributed by atoms with Crippen LogP contribution in [0.3, 0.4) is 0 Å². The molecule has 0 aliphatic carbocycles. The monoisotopic (exact) mass is 243 g/mol. The van der Waals surface area contributed by atoms with Gasteiger partial charge in [-0.2, -0.15) is 0 Å². The van der Waals surface area contributed by atoms with Gasteiger partial charge in [-0.25, -0.2) is 9.97 Å². The summed E-state index contributed by atoms with van der Waals surface area (Å²) in [5.74, 6) is 1.71. The smallest absolute Gasteiger partial charge is 0.130 e. The summed E-state index contributed by atoms with van der Waals surface area (Å²) in [7, 11) is 3.59. The highest BCUT2D eigenvalue weighted by molar-refractivity contribution is 5.59. The summed E-state index contributed by atoms with van der Waals surface area (Å²) in [6.45, 7) is 0.881. The SMILES string of the molecule is CNCCc1nccc(-c2ccc(OC)cc2)n1. The van der Waals surface area contributed by atoms with Crippen LogP contribution in [0.15, 0.2) is 36.5 Å². The number of aromatic nitrogens is 2. The fraction of sp³-hybridized carbons (Fsp3) is 0.286. The Hall–Kier alpha value is -1.94. The Labute approximate surface area is 107 Å². The molecule has 0 saturated heterocycles. The minimum Gasteiger partial charge on any atom is -0.497 e.